The molecule has 0 amide bonds. The van der Waals surface area contributed by atoms with Gasteiger partial charge in [-0.3, -0.25) is 0 Å². The number of alkyl halides is 3. The van der Waals surface area contributed by atoms with E-state index in [4.69, 9.17) is 6.42 Å². The van der Waals surface area contributed by atoms with Crippen molar-refractivity contribution in [2.75, 3.05) is 24.6 Å². The summed E-state index contributed by atoms with van der Waals surface area (Å²) in [4.78, 5) is 0. The molecule has 0 aliphatic rings. The molecule has 0 aliphatic heterocycles. The summed E-state index contributed by atoms with van der Waals surface area (Å²) in [5, 5.41) is 2.69. The first-order chi connectivity index (χ1) is 6.06. The molecule has 5 heteroatoms. The molecule has 0 aromatic heterocycles. The molecule has 0 heterocycles. The predicted octanol–water partition coefficient (Wildman–Crippen LogP) is 1.89. The minimum atomic E-state index is -4.06. The molecule has 0 aliphatic carbocycles. The van der Waals surface area contributed by atoms with Gasteiger partial charge in [0, 0.05) is 18.8 Å². The van der Waals surface area contributed by atoms with E-state index in [1.54, 1.807) is 0 Å². The number of terminal acetylenes is 1. The molecule has 0 bridgehead atoms. The summed E-state index contributed by atoms with van der Waals surface area (Å²) in [7, 11) is 0. The minimum Gasteiger partial charge on any atom is -0.316 e. The van der Waals surface area contributed by atoms with Crippen LogP contribution in [0.3, 0.4) is 0 Å². The smallest absolute Gasteiger partial charge is 0.316 e. The normalized spacial score (nSPS) is 11.2. The fraction of sp³-hybridized carbons (Fsp3) is 0.750. The van der Waals surface area contributed by atoms with Crippen molar-refractivity contribution in [2.24, 2.45) is 0 Å². The highest BCUT2D eigenvalue weighted by atomic mass is 32.2. The molecule has 0 spiro atoms. The SMILES string of the molecule is C#CCSCCNCCC(F)(F)F. The van der Waals surface area contributed by atoms with E-state index in [1.807, 2.05) is 0 Å². The summed E-state index contributed by atoms with van der Waals surface area (Å²) in [5.41, 5.74) is 0. The van der Waals surface area contributed by atoms with Crippen LogP contribution >= 0.6 is 11.8 Å². The zero-order valence-corrected chi connectivity index (χ0v) is 7.97. The topological polar surface area (TPSA) is 12.0 Å². The van der Waals surface area contributed by atoms with E-state index >= 15 is 0 Å². The van der Waals surface area contributed by atoms with Crippen LogP contribution in [0.25, 0.3) is 0 Å². The molecule has 0 radical (unpaired) electrons. The molecular formula is C8H12F3NS. The van der Waals surface area contributed by atoms with E-state index in [2.05, 4.69) is 11.2 Å². The molecule has 0 atom stereocenters. The van der Waals surface area contributed by atoms with Crippen LogP contribution in [0.2, 0.25) is 0 Å². The predicted molar refractivity (Wildman–Crippen MR) is 49.7 cm³/mol. The van der Waals surface area contributed by atoms with Gasteiger partial charge in [0.2, 0.25) is 0 Å². The van der Waals surface area contributed by atoms with Gasteiger partial charge < -0.3 is 5.32 Å². The van der Waals surface area contributed by atoms with Gasteiger partial charge in [0.05, 0.1) is 12.2 Å². The number of rotatable bonds is 6. The van der Waals surface area contributed by atoms with Crippen molar-refractivity contribution in [1.82, 2.24) is 5.32 Å². The van der Waals surface area contributed by atoms with Crippen LogP contribution in [0.15, 0.2) is 0 Å². The molecular weight excluding hydrogens is 199 g/mol. The molecule has 0 rings (SSSR count). The number of hydrogen-bond donors (Lipinski definition) is 1. The van der Waals surface area contributed by atoms with Gasteiger partial charge in [-0.2, -0.15) is 13.2 Å². The summed E-state index contributed by atoms with van der Waals surface area (Å²) in [6.07, 6.45) is 0.159. The highest BCUT2D eigenvalue weighted by molar-refractivity contribution is 7.99. The first kappa shape index (κ1) is 12.7. The molecule has 0 aromatic carbocycles. The van der Waals surface area contributed by atoms with Crippen LogP contribution in [0.4, 0.5) is 13.2 Å². The van der Waals surface area contributed by atoms with Gasteiger partial charge in [-0.25, -0.2) is 0 Å². The average Bonchev–Trinajstić information content (AvgIpc) is 2.01. The van der Waals surface area contributed by atoms with E-state index < -0.39 is 12.6 Å². The van der Waals surface area contributed by atoms with E-state index in [0.717, 1.165) is 5.75 Å². The number of hydrogen-bond acceptors (Lipinski definition) is 2. The van der Waals surface area contributed by atoms with E-state index in [1.165, 1.54) is 11.8 Å². The third-order valence-electron chi connectivity index (χ3n) is 1.19. The largest absolute Gasteiger partial charge is 0.390 e. The third-order valence-corrected chi connectivity index (χ3v) is 2.06. The van der Waals surface area contributed by atoms with Gasteiger partial charge in [-0.1, -0.05) is 5.92 Å². The molecule has 0 aromatic rings. The molecule has 76 valence electrons. The Morgan fingerprint density at radius 2 is 2.00 bits per heavy atom. The summed E-state index contributed by atoms with van der Waals surface area (Å²) in [6.45, 7) is 0.558. The fourth-order valence-electron chi connectivity index (χ4n) is 0.631. The molecule has 0 saturated heterocycles. The maximum atomic E-state index is 11.6. The summed E-state index contributed by atoms with van der Waals surface area (Å²) in [6, 6.07) is 0. The molecule has 0 saturated carbocycles. The zero-order chi connectivity index (χ0) is 10.2. The Morgan fingerprint density at radius 1 is 1.31 bits per heavy atom. The van der Waals surface area contributed by atoms with Crippen molar-refractivity contribution in [3.05, 3.63) is 0 Å². The summed E-state index contributed by atoms with van der Waals surface area (Å²) >= 11 is 1.53. The lowest BCUT2D eigenvalue weighted by Crippen LogP contribution is -2.23. The third kappa shape index (κ3) is 11.7. The molecule has 1 nitrogen and oxygen atoms in total. The van der Waals surface area contributed by atoms with Gasteiger partial charge >= 0.3 is 6.18 Å². The summed E-state index contributed by atoms with van der Waals surface area (Å²) < 4.78 is 34.8. The fourth-order valence-corrected chi connectivity index (χ4v) is 1.18. The van der Waals surface area contributed by atoms with Crippen LogP contribution in [-0.4, -0.2) is 30.8 Å². The maximum absolute atomic E-state index is 11.6. The van der Waals surface area contributed by atoms with Gasteiger partial charge in [0.1, 0.15) is 0 Å². The minimum absolute atomic E-state index is 0.0138. The monoisotopic (exact) mass is 211 g/mol. The van der Waals surface area contributed by atoms with Crippen molar-refractivity contribution >= 4 is 11.8 Å². The van der Waals surface area contributed by atoms with Crippen molar-refractivity contribution in [3.8, 4) is 12.3 Å². The lowest BCUT2D eigenvalue weighted by molar-refractivity contribution is -0.133. The zero-order valence-electron chi connectivity index (χ0n) is 7.16. The number of halogens is 3. The first-order valence-corrected chi connectivity index (χ1v) is 5.00. The van der Waals surface area contributed by atoms with Gasteiger partial charge in [0.25, 0.3) is 0 Å². The van der Waals surface area contributed by atoms with Crippen molar-refractivity contribution in [2.45, 2.75) is 12.6 Å². The number of nitrogens with one attached hydrogen (secondary N) is 1. The molecule has 0 fully saturated rings. The second kappa shape index (κ2) is 7.10. The Balaban J connectivity index is 3.05. The Morgan fingerprint density at radius 3 is 2.54 bits per heavy atom. The lowest BCUT2D eigenvalue weighted by atomic mass is 10.4. The van der Waals surface area contributed by atoms with Crippen molar-refractivity contribution in [1.29, 1.82) is 0 Å². The van der Waals surface area contributed by atoms with Crippen LogP contribution in [0.1, 0.15) is 6.42 Å². The van der Waals surface area contributed by atoms with Crippen LogP contribution < -0.4 is 5.32 Å². The highest BCUT2D eigenvalue weighted by Gasteiger charge is 2.25. The van der Waals surface area contributed by atoms with Gasteiger partial charge in [0.15, 0.2) is 0 Å². The summed E-state index contributed by atoms with van der Waals surface area (Å²) in [5.74, 6) is 3.80. The standard InChI is InChI=1S/C8H12F3NS/c1-2-6-13-7-5-12-4-3-8(9,10)11/h1,12H,3-7H2. The Hall–Kier alpha value is -0.340. The van der Waals surface area contributed by atoms with Crippen molar-refractivity contribution < 1.29 is 13.2 Å². The van der Waals surface area contributed by atoms with E-state index in [-0.39, 0.29) is 6.54 Å². The van der Waals surface area contributed by atoms with E-state index in [9.17, 15) is 13.2 Å². The Labute approximate surface area is 80.5 Å². The van der Waals surface area contributed by atoms with Crippen LogP contribution in [0.5, 0.6) is 0 Å². The van der Waals surface area contributed by atoms with Crippen LogP contribution in [0, 0.1) is 12.3 Å². The highest BCUT2D eigenvalue weighted by Crippen LogP contribution is 2.17. The Kier molecular flexibility index (Phi) is 6.92. The van der Waals surface area contributed by atoms with Crippen LogP contribution in [-0.2, 0) is 0 Å². The lowest BCUT2D eigenvalue weighted by Gasteiger charge is -2.06. The van der Waals surface area contributed by atoms with E-state index in [0.29, 0.717) is 12.3 Å². The van der Waals surface area contributed by atoms with Gasteiger partial charge in [-0.15, -0.1) is 18.2 Å². The average molecular weight is 211 g/mol. The van der Waals surface area contributed by atoms with Crippen molar-refractivity contribution in [3.63, 3.8) is 0 Å². The second-order valence-electron chi connectivity index (χ2n) is 2.37. The quantitative estimate of drug-likeness (QED) is 0.532. The first-order valence-electron chi connectivity index (χ1n) is 3.85. The second-order valence-corrected chi connectivity index (χ2v) is 3.48. The Bertz CT molecular complexity index is 162. The van der Waals surface area contributed by atoms with Gasteiger partial charge in [-0.05, 0) is 0 Å². The molecule has 1 N–H and O–H groups in total. The molecule has 13 heavy (non-hydrogen) atoms. The maximum Gasteiger partial charge on any atom is 0.390 e. The molecule has 0 unspecified atom stereocenters. The number of thioether (sulfide) groups is 1.